The normalized spacial score (nSPS) is 13.1. The molecule has 0 unspecified atom stereocenters. The number of hydrogen-bond donors (Lipinski definition) is 3. The van der Waals surface area contributed by atoms with Gasteiger partial charge in [-0.3, -0.25) is 10.0 Å². The third-order valence-corrected chi connectivity index (χ3v) is 5.94. The summed E-state index contributed by atoms with van der Waals surface area (Å²) >= 11 is 0. The molecular formula is C18H21NO6S. The van der Waals surface area contributed by atoms with E-state index in [0.717, 1.165) is 0 Å². The largest absolute Gasteiger partial charge is 0.457 e. The Morgan fingerprint density at radius 1 is 1.08 bits per heavy atom. The molecular weight excluding hydrogens is 358 g/mol. The lowest BCUT2D eigenvalue weighted by Crippen LogP contribution is -2.46. The van der Waals surface area contributed by atoms with E-state index < -0.39 is 33.0 Å². The molecule has 0 bridgehead atoms. The molecule has 0 radical (unpaired) electrons. The molecule has 2 aromatic carbocycles. The highest BCUT2D eigenvalue weighted by atomic mass is 32.2. The number of para-hydroxylation sites is 1. The Balaban J connectivity index is 2.15. The molecule has 0 heterocycles. The van der Waals surface area contributed by atoms with Gasteiger partial charge in [0.15, 0.2) is 9.84 Å². The van der Waals surface area contributed by atoms with E-state index in [1.54, 1.807) is 12.1 Å². The quantitative estimate of drug-likeness (QED) is 0.502. The molecule has 8 heteroatoms. The number of hydroxylamine groups is 1. The number of amides is 1. The van der Waals surface area contributed by atoms with Crippen LogP contribution in [0, 0.1) is 5.41 Å². The van der Waals surface area contributed by atoms with Crippen molar-refractivity contribution < 1.29 is 28.3 Å². The molecule has 2 aromatic rings. The van der Waals surface area contributed by atoms with E-state index in [4.69, 9.17) is 9.94 Å². The van der Waals surface area contributed by atoms with Crippen LogP contribution in [0.25, 0.3) is 0 Å². The van der Waals surface area contributed by atoms with Gasteiger partial charge < -0.3 is 9.84 Å². The summed E-state index contributed by atoms with van der Waals surface area (Å²) in [5, 5.41) is 18.5. The Bertz CT molecular complexity index is 847. The zero-order chi connectivity index (χ0) is 19.4. The van der Waals surface area contributed by atoms with Gasteiger partial charge >= 0.3 is 0 Å². The molecule has 2 rings (SSSR count). The lowest BCUT2D eigenvalue weighted by atomic mass is 9.88. The Kier molecular flexibility index (Phi) is 6.01. The molecule has 0 aromatic heterocycles. The average Bonchev–Trinajstić information content (AvgIpc) is 2.61. The molecule has 1 atom stereocenters. The van der Waals surface area contributed by atoms with Gasteiger partial charge in [-0.25, -0.2) is 13.9 Å². The lowest BCUT2D eigenvalue weighted by molar-refractivity contribution is -0.143. The molecule has 3 N–H and O–H groups in total. The number of carbonyl (C=O) groups is 1. The van der Waals surface area contributed by atoms with Crippen LogP contribution in [0.2, 0.25) is 0 Å². The number of carbonyl (C=O) groups excluding carboxylic acids is 1. The second kappa shape index (κ2) is 7.86. The molecule has 0 saturated carbocycles. The molecule has 1 amide bonds. The van der Waals surface area contributed by atoms with E-state index in [2.05, 4.69) is 0 Å². The van der Waals surface area contributed by atoms with Gasteiger partial charge in [0.25, 0.3) is 5.91 Å². The highest BCUT2D eigenvalue weighted by molar-refractivity contribution is 7.91. The number of aliphatic hydroxyl groups excluding tert-OH is 1. The van der Waals surface area contributed by atoms with Crippen LogP contribution >= 0.6 is 0 Å². The number of benzene rings is 2. The lowest BCUT2D eigenvalue weighted by Gasteiger charge is -2.28. The zero-order valence-electron chi connectivity index (χ0n) is 14.4. The number of ether oxygens (including phenoxy) is 1. The van der Waals surface area contributed by atoms with Gasteiger partial charge in [-0.1, -0.05) is 32.0 Å². The summed E-state index contributed by atoms with van der Waals surface area (Å²) in [6.45, 7) is 2.86. The monoisotopic (exact) mass is 379 g/mol. The van der Waals surface area contributed by atoms with Crippen molar-refractivity contribution in [2.45, 2.75) is 24.8 Å². The maximum Gasteiger partial charge on any atom is 0.272 e. The first-order valence-electron chi connectivity index (χ1n) is 7.83. The molecule has 0 spiro atoms. The second-order valence-corrected chi connectivity index (χ2v) is 8.50. The summed E-state index contributed by atoms with van der Waals surface area (Å²) < 4.78 is 30.8. The zero-order valence-corrected chi connectivity index (χ0v) is 15.2. The first kappa shape index (κ1) is 19.9. The summed E-state index contributed by atoms with van der Waals surface area (Å²) in [7, 11) is -3.77. The van der Waals surface area contributed by atoms with Crippen molar-refractivity contribution in [3.05, 3.63) is 54.6 Å². The number of sulfone groups is 1. The SMILES string of the molecule is CC(C)(CS(=O)(=O)c1ccc(Oc2ccccc2)cc1)[C@H](O)C(=O)NO. The van der Waals surface area contributed by atoms with E-state index >= 15 is 0 Å². The minimum absolute atomic E-state index is 0.0441. The van der Waals surface area contributed by atoms with Crippen LogP contribution < -0.4 is 10.2 Å². The fourth-order valence-corrected chi connectivity index (χ4v) is 4.26. The Morgan fingerprint density at radius 3 is 2.15 bits per heavy atom. The predicted molar refractivity (Wildman–Crippen MR) is 94.7 cm³/mol. The van der Waals surface area contributed by atoms with Gasteiger partial charge in [0.05, 0.1) is 10.6 Å². The Labute approximate surface area is 152 Å². The summed E-state index contributed by atoms with van der Waals surface area (Å²) in [6.07, 6.45) is -1.68. The summed E-state index contributed by atoms with van der Waals surface area (Å²) in [6, 6.07) is 14.9. The first-order chi connectivity index (χ1) is 12.2. The van der Waals surface area contributed by atoms with Crippen molar-refractivity contribution in [1.29, 1.82) is 0 Å². The van der Waals surface area contributed by atoms with Crippen LogP contribution in [0.4, 0.5) is 0 Å². The van der Waals surface area contributed by atoms with Gasteiger partial charge in [-0.05, 0) is 36.4 Å². The minimum Gasteiger partial charge on any atom is -0.457 e. The number of hydrogen-bond acceptors (Lipinski definition) is 6. The minimum atomic E-state index is -3.77. The highest BCUT2D eigenvalue weighted by Crippen LogP contribution is 2.28. The third kappa shape index (κ3) is 4.81. The molecule has 0 saturated heterocycles. The second-order valence-electron chi connectivity index (χ2n) is 6.51. The molecule has 0 aliphatic rings. The summed E-state index contributed by atoms with van der Waals surface area (Å²) in [5.74, 6) is -0.429. The Hall–Kier alpha value is -2.42. The van der Waals surface area contributed by atoms with Crippen molar-refractivity contribution in [3.8, 4) is 11.5 Å². The molecule has 0 aliphatic heterocycles. The van der Waals surface area contributed by atoms with Crippen LogP contribution in [0.5, 0.6) is 11.5 Å². The molecule has 140 valence electrons. The van der Waals surface area contributed by atoms with Crippen LogP contribution in [-0.2, 0) is 14.6 Å². The fourth-order valence-electron chi connectivity index (χ4n) is 2.41. The van der Waals surface area contributed by atoms with E-state index in [0.29, 0.717) is 11.5 Å². The van der Waals surface area contributed by atoms with Gasteiger partial charge in [0.2, 0.25) is 0 Å². The summed E-state index contributed by atoms with van der Waals surface area (Å²) in [5.41, 5.74) is 0.0260. The van der Waals surface area contributed by atoms with E-state index in [1.807, 2.05) is 18.2 Å². The molecule has 0 aliphatic carbocycles. The van der Waals surface area contributed by atoms with E-state index in [-0.39, 0.29) is 4.90 Å². The van der Waals surface area contributed by atoms with Crippen molar-refractivity contribution in [2.75, 3.05) is 5.75 Å². The number of rotatable bonds is 7. The molecule has 26 heavy (non-hydrogen) atoms. The number of aliphatic hydroxyl groups is 1. The van der Waals surface area contributed by atoms with Gasteiger partial charge in [0.1, 0.15) is 17.6 Å². The van der Waals surface area contributed by atoms with E-state index in [1.165, 1.54) is 43.6 Å². The van der Waals surface area contributed by atoms with Crippen LogP contribution in [-0.4, -0.2) is 36.5 Å². The van der Waals surface area contributed by atoms with Crippen molar-refractivity contribution >= 4 is 15.7 Å². The third-order valence-electron chi connectivity index (χ3n) is 3.82. The average molecular weight is 379 g/mol. The maximum absolute atomic E-state index is 12.6. The highest BCUT2D eigenvalue weighted by Gasteiger charge is 2.38. The fraction of sp³-hybridized carbons (Fsp3) is 0.278. The van der Waals surface area contributed by atoms with Crippen molar-refractivity contribution in [1.82, 2.24) is 5.48 Å². The maximum atomic E-state index is 12.6. The van der Waals surface area contributed by atoms with Gasteiger partial charge in [-0.15, -0.1) is 0 Å². The van der Waals surface area contributed by atoms with Crippen LogP contribution in [0.15, 0.2) is 59.5 Å². The van der Waals surface area contributed by atoms with Crippen LogP contribution in [0.3, 0.4) is 0 Å². The van der Waals surface area contributed by atoms with Gasteiger partial charge in [-0.2, -0.15) is 0 Å². The van der Waals surface area contributed by atoms with Crippen LogP contribution in [0.1, 0.15) is 13.8 Å². The van der Waals surface area contributed by atoms with Crippen molar-refractivity contribution in [2.24, 2.45) is 5.41 Å². The topological polar surface area (TPSA) is 113 Å². The molecule has 7 nitrogen and oxygen atoms in total. The van der Waals surface area contributed by atoms with E-state index in [9.17, 15) is 18.3 Å². The first-order valence-corrected chi connectivity index (χ1v) is 9.49. The summed E-state index contributed by atoms with van der Waals surface area (Å²) in [4.78, 5) is 11.4. The Morgan fingerprint density at radius 2 is 1.62 bits per heavy atom. The van der Waals surface area contributed by atoms with Crippen molar-refractivity contribution in [3.63, 3.8) is 0 Å². The predicted octanol–water partition coefficient (Wildman–Crippen LogP) is 2.15. The smallest absolute Gasteiger partial charge is 0.272 e. The number of nitrogens with one attached hydrogen (secondary N) is 1. The molecule has 0 fully saturated rings. The standard InChI is InChI=1S/C18H21NO6S/c1-18(2,16(20)17(21)19-22)12-26(23,24)15-10-8-14(9-11-15)25-13-6-4-3-5-7-13/h3-11,16,20,22H,12H2,1-2H3,(H,19,21)/t16-/m1/s1. The van der Waals surface area contributed by atoms with Gasteiger partial charge in [0, 0.05) is 5.41 Å².